The van der Waals surface area contributed by atoms with Crippen LogP contribution in [0.15, 0.2) is 0 Å². The third-order valence-corrected chi connectivity index (χ3v) is 5.37. The molecule has 1 aliphatic rings. The summed E-state index contributed by atoms with van der Waals surface area (Å²) in [4.78, 5) is 45.5. The molecule has 0 aliphatic carbocycles. The van der Waals surface area contributed by atoms with Gasteiger partial charge in [0, 0.05) is 0 Å². The molecule has 0 aromatic carbocycles. The molecule has 3 atom stereocenters. The van der Waals surface area contributed by atoms with Crippen LogP contribution in [0.5, 0.6) is 0 Å². The molecule has 0 bridgehead atoms. The summed E-state index contributed by atoms with van der Waals surface area (Å²) in [5, 5.41) is 0. The van der Waals surface area contributed by atoms with E-state index in [1.807, 2.05) is 20.8 Å². The van der Waals surface area contributed by atoms with Gasteiger partial charge in [0.25, 0.3) is 0 Å². The monoisotopic (exact) mass is 372 g/mol. The van der Waals surface area contributed by atoms with Crippen LogP contribution in [0.1, 0.15) is 92.9 Å². The van der Waals surface area contributed by atoms with E-state index < -0.39 is 23.0 Å². The van der Waals surface area contributed by atoms with E-state index in [2.05, 4.69) is 20.8 Å². The average molecular weight is 373 g/mol. The summed E-state index contributed by atoms with van der Waals surface area (Å²) in [5.41, 5.74) is -1.80. The Labute approximate surface area is 157 Å². The highest BCUT2D eigenvalue weighted by molar-refractivity contribution is 5.82. The van der Waals surface area contributed by atoms with Gasteiger partial charge in [0.2, 0.25) is 5.60 Å². The summed E-state index contributed by atoms with van der Waals surface area (Å²) >= 11 is 0. The van der Waals surface area contributed by atoms with Crippen LogP contribution < -0.4 is 0 Å². The van der Waals surface area contributed by atoms with Gasteiger partial charge in [-0.3, -0.25) is 0 Å². The first kappa shape index (κ1) is 22.9. The molecule has 0 spiro atoms. The second kappa shape index (κ2) is 10.3. The molecule has 0 amide bonds. The molecule has 152 valence electrons. The maximum absolute atomic E-state index is 12.8. The van der Waals surface area contributed by atoms with E-state index in [0.717, 1.165) is 25.7 Å². The van der Waals surface area contributed by atoms with Crippen molar-refractivity contribution in [2.75, 3.05) is 0 Å². The zero-order valence-corrected chi connectivity index (χ0v) is 17.3. The molecule has 0 radical (unpaired) electrons. The molecule has 0 N–H and O–H groups in total. The molecule has 0 aromatic heterocycles. The standard InChI is InChI=1S/C20H36O6/c1-7-11-13-19(9-3,14-15(5)6)17(21)24-25-18(22)20(10-4)16(12-8-2)23-26-20/h15-16H,7-14H2,1-6H3. The molecule has 6 heteroatoms. The molecule has 26 heavy (non-hydrogen) atoms. The number of carbonyl (C=O) groups is 2. The van der Waals surface area contributed by atoms with Crippen LogP contribution in [0.2, 0.25) is 0 Å². The Morgan fingerprint density at radius 1 is 1.12 bits per heavy atom. The fourth-order valence-corrected chi connectivity index (χ4v) is 3.66. The van der Waals surface area contributed by atoms with Gasteiger partial charge >= 0.3 is 11.9 Å². The minimum Gasteiger partial charge on any atom is -0.247 e. The van der Waals surface area contributed by atoms with Crippen LogP contribution in [0.3, 0.4) is 0 Å². The normalized spacial score (nSPS) is 24.7. The van der Waals surface area contributed by atoms with E-state index in [9.17, 15) is 9.59 Å². The first-order valence-corrected chi connectivity index (χ1v) is 10.1. The zero-order valence-electron chi connectivity index (χ0n) is 17.3. The highest BCUT2D eigenvalue weighted by atomic mass is 17.3. The van der Waals surface area contributed by atoms with E-state index in [-0.39, 0.29) is 6.10 Å². The lowest BCUT2D eigenvalue weighted by atomic mass is 9.74. The minimum atomic E-state index is -1.17. The van der Waals surface area contributed by atoms with Crippen molar-refractivity contribution in [3.8, 4) is 0 Å². The molecule has 1 aliphatic heterocycles. The Morgan fingerprint density at radius 3 is 2.23 bits per heavy atom. The van der Waals surface area contributed by atoms with Crippen molar-refractivity contribution >= 4 is 11.9 Å². The topological polar surface area (TPSA) is 71.1 Å². The lowest BCUT2D eigenvalue weighted by Crippen LogP contribution is -2.61. The summed E-state index contributed by atoms with van der Waals surface area (Å²) in [7, 11) is 0. The second-order valence-electron chi connectivity index (χ2n) is 7.78. The van der Waals surface area contributed by atoms with Crippen LogP contribution in [0.4, 0.5) is 0 Å². The summed E-state index contributed by atoms with van der Waals surface area (Å²) in [6.07, 6.45) is 5.58. The Hall–Kier alpha value is -1.14. The van der Waals surface area contributed by atoms with Gasteiger partial charge in [-0.1, -0.05) is 60.8 Å². The average Bonchev–Trinajstić information content (AvgIpc) is 2.60. The van der Waals surface area contributed by atoms with Crippen LogP contribution in [-0.2, 0) is 29.1 Å². The smallest absolute Gasteiger partial charge is 0.247 e. The van der Waals surface area contributed by atoms with Gasteiger partial charge in [0.05, 0.1) is 5.41 Å². The number of carbonyl (C=O) groups excluding carboxylic acids is 2. The third kappa shape index (κ3) is 4.97. The van der Waals surface area contributed by atoms with E-state index in [1.165, 1.54) is 0 Å². The number of rotatable bonds is 11. The molecule has 0 aromatic rings. The van der Waals surface area contributed by atoms with Gasteiger partial charge in [-0.2, -0.15) is 0 Å². The van der Waals surface area contributed by atoms with Crippen molar-refractivity contribution in [3.63, 3.8) is 0 Å². The summed E-state index contributed by atoms with van der Waals surface area (Å²) in [6.45, 7) is 12.1. The Bertz CT molecular complexity index is 459. The molecular formula is C20H36O6. The van der Waals surface area contributed by atoms with Crippen molar-refractivity contribution in [1.82, 2.24) is 0 Å². The van der Waals surface area contributed by atoms with Crippen LogP contribution in [0.25, 0.3) is 0 Å². The van der Waals surface area contributed by atoms with Gasteiger partial charge in [-0.05, 0) is 38.0 Å². The molecule has 1 rings (SSSR count). The SMILES string of the molecule is CCCCC(CC)(CC(C)C)C(=O)OOC(=O)C1(CC)OOC1CCC. The molecule has 3 unspecified atom stereocenters. The molecular weight excluding hydrogens is 336 g/mol. The van der Waals surface area contributed by atoms with E-state index in [1.54, 1.807) is 0 Å². The Balaban J connectivity index is 2.78. The number of unbranched alkanes of at least 4 members (excludes halogenated alkanes) is 1. The maximum Gasteiger partial charge on any atom is 0.393 e. The highest BCUT2D eigenvalue weighted by Crippen LogP contribution is 2.39. The predicted molar refractivity (Wildman–Crippen MR) is 97.8 cm³/mol. The molecule has 1 saturated heterocycles. The fraction of sp³-hybridized carbons (Fsp3) is 0.900. The summed E-state index contributed by atoms with van der Waals surface area (Å²) in [6, 6.07) is 0. The van der Waals surface area contributed by atoms with E-state index >= 15 is 0 Å². The first-order chi connectivity index (χ1) is 12.3. The maximum atomic E-state index is 12.8. The number of hydrogen-bond donors (Lipinski definition) is 0. The van der Waals surface area contributed by atoms with Crippen LogP contribution >= 0.6 is 0 Å². The van der Waals surface area contributed by atoms with Crippen LogP contribution in [0, 0.1) is 11.3 Å². The quantitative estimate of drug-likeness (QED) is 0.379. The lowest BCUT2D eigenvalue weighted by molar-refractivity contribution is -0.502. The highest BCUT2D eigenvalue weighted by Gasteiger charge is 2.58. The summed E-state index contributed by atoms with van der Waals surface area (Å²) in [5.74, 6) is -0.813. The zero-order chi connectivity index (χ0) is 19.8. The fourth-order valence-electron chi connectivity index (χ4n) is 3.66. The third-order valence-electron chi connectivity index (χ3n) is 5.37. The van der Waals surface area contributed by atoms with Gasteiger partial charge < -0.3 is 0 Å². The molecule has 6 nitrogen and oxygen atoms in total. The first-order valence-electron chi connectivity index (χ1n) is 10.1. The van der Waals surface area contributed by atoms with E-state index in [0.29, 0.717) is 31.6 Å². The Kier molecular flexibility index (Phi) is 9.04. The van der Waals surface area contributed by atoms with E-state index in [4.69, 9.17) is 19.6 Å². The second-order valence-corrected chi connectivity index (χ2v) is 7.78. The van der Waals surface area contributed by atoms with Gasteiger partial charge in [-0.25, -0.2) is 29.1 Å². The predicted octanol–water partition coefficient (Wildman–Crippen LogP) is 4.90. The van der Waals surface area contributed by atoms with Crippen molar-refractivity contribution in [2.24, 2.45) is 11.3 Å². The molecule has 1 heterocycles. The van der Waals surface area contributed by atoms with Gasteiger partial charge in [0.1, 0.15) is 6.10 Å². The molecule has 0 saturated carbocycles. The molecule has 1 fully saturated rings. The van der Waals surface area contributed by atoms with Crippen molar-refractivity contribution in [1.29, 1.82) is 0 Å². The van der Waals surface area contributed by atoms with Gasteiger partial charge in [-0.15, -0.1) is 0 Å². The number of hydrogen-bond acceptors (Lipinski definition) is 6. The largest absolute Gasteiger partial charge is 0.393 e. The van der Waals surface area contributed by atoms with Crippen molar-refractivity contribution < 1.29 is 29.1 Å². The van der Waals surface area contributed by atoms with Crippen LogP contribution in [-0.4, -0.2) is 23.6 Å². The Morgan fingerprint density at radius 2 is 1.81 bits per heavy atom. The van der Waals surface area contributed by atoms with Crippen molar-refractivity contribution in [3.05, 3.63) is 0 Å². The minimum absolute atomic E-state index is 0.342. The van der Waals surface area contributed by atoms with Gasteiger partial charge in [0.15, 0.2) is 0 Å². The van der Waals surface area contributed by atoms with Crippen molar-refractivity contribution in [2.45, 2.75) is 105 Å². The lowest BCUT2D eigenvalue weighted by Gasteiger charge is -2.43. The summed E-state index contributed by atoms with van der Waals surface area (Å²) < 4.78 is 0.